The van der Waals surface area contributed by atoms with Crippen molar-refractivity contribution in [3.05, 3.63) is 17.5 Å². The average molecular weight is 150 g/mol. The highest BCUT2D eigenvalue weighted by atomic mass is 16.3. The highest BCUT2D eigenvalue weighted by Gasteiger charge is 2.09. The fourth-order valence-corrected chi connectivity index (χ4v) is 0.874. The van der Waals surface area contributed by atoms with Crippen molar-refractivity contribution in [3.63, 3.8) is 0 Å². The van der Waals surface area contributed by atoms with Gasteiger partial charge in [0.2, 0.25) is 0 Å². The first-order valence-corrected chi connectivity index (χ1v) is 3.29. The molecule has 3 heteroatoms. The molecule has 0 aliphatic heterocycles. The van der Waals surface area contributed by atoms with Crippen LogP contribution >= 0.6 is 0 Å². The minimum absolute atomic E-state index is 0.704. The van der Waals surface area contributed by atoms with E-state index >= 15 is 0 Å². The first kappa shape index (κ1) is 7.83. The van der Waals surface area contributed by atoms with Crippen molar-refractivity contribution in [2.75, 3.05) is 0 Å². The molecule has 1 N–H and O–H groups in total. The van der Waals surface area contributed by atoms with Crippen LogP contribution in [0, 0.1) is 19.3 Å². The van der Waals surface area contributed by atoms with Gasteiger partial charge in [-0.05, 0) is 6.92 Å². The van der Waals surface area contributed by atoms with Crippen LogP contribution in [-0.2, 0) is 7.05 Å². The molecule has 0 bridgehead atoms. The van der Waals surface area contributed by atoms with E-state index in [0.717, 1.165) is 5.69 Å². The lowest BCUT2D eigenvalue weighted by Crippen LogP contribution is -1.97. The second kappa shape index (κ2) is 2.77. The van der Waals surface area contributed by atoms with E-state index in [0.29, 0.717) is 5.56 Å². The Balaban J connectivity index is 3.07. The van der Waals surface area contributed by atoms with Gasteiger partial charge in [0.25, 0.3) is 0 Å². The average Bonchev–Trinajstić information content (AvgIpc) is 2.32. The molecule has 3 nitrogen and oxygen atoms in total. The highest BCUT2D eigenvalue weighted by molar-refractivity contribution is 5.24. The summed E-state index contributed by atoms with van der Waals surface area (Å²) in [5.74, 6) is 2.24. The minimum atomic E-state index is -0.830. The van der Waals surface area contributed by atoms with E-state index in [1.54, 1.807) is 10.9 Å². The van der Waals surface area contributed by atoms with Crippen molar-refractivity contribution in [3.8, 4) is 12.3 Å². The maximum absolute atomic E-state index is 9.23. The summed E-state index contributed by atoms with van der Waals surface area (Å²) in [6.45, 7) is 1.86. The summed E-state index contributed by atoms with van der Waals surface area (Å²) in [4.78, 5) is 0. The third-order valence-corrected chi connectivity index (χ3v) is 1.73. The van der Waals surface area contributed by atoms with Crippen LogP contribution in [0.3, 0.4) is 0 Å². The topological polar surface area (TPSA) is 38.1 Å². The van der Waals surface area contributed by atoms with Gasteiger partial charge in [-0.2, -0.15) is 5.10 Å². The molecule has 1 heterocycles. The highest BCUT2D eigenvalue weighted by Crippen LogP contribution is 2.14. The number of hydrogen-bond donors (Lipinski definition) is 1. The summed E-state index contributed by atoms with van der Waals surface area (Å²) in [7, 11) is 1.81. The molecule has 0 saturated carbocycles. The van der Waals surface area contributed by atoms with Crippen molar-refractivity contribution in [1.29, 1.82) is 0 Å². The monoisotopic (exact) mass is 150 g/mol. The van der Waals surface area contributed by atoms with Crippen LogP contribution in [0.25, 0.3) is 0 Å². The number of aliphatic hydroxyl groups excluding tert-OH is 1. The van der Waals surface area contributed by atoms with Crippen LogP contribution in [0.1, 0.15) is 17.4 Å². The first-order valence-electron chi connectivity index (χ1n) is 3.29. The lowest BCUT2D eigenvalue weighted by Gasteiger charge is -2.00. The Kier molecular flexibility index (Phi) is 1.97. The van der Waals surface area contributed by atoms with Gasteiger partial charge in [0.15, 0.2) is 0 Å². The molecule has 58 valence electrons. The lowest BCUT2D eigenvalue weighted by molar-refractivity contribution is 0.237. The van der Waals surface area contributed by atoms with Crippen LogP contribution in [0.15, 0.2) is 6.20 Å². The standard InChI is InChI=1S/C8H10N2O/c1-4-8(11)7-5-9-10(3)6(7)2/h1,5,8,11H,2-3H3. The fraction of sp³-hybridized carbons (Fsp3) is 0.375. The van der Waals surface area contributed by atoms with E-state index in [9.17, 15) is 5.11 Å². The van der Waals surface area contributed by atoms with Gasteiger partial charge in [-0.1, -0.05) is 5.92 Å². The zero-order valence-electron chi connectivity index (χ0n) is 6.57. The van der Waals surface area contributed by atoms with E-state index in [-0.39, 0.29) is 0 Å². The van der Waals surface area contributed by atoms with Crippen LogP contribution < -0.4 is 0 Å². The van der Waals surface area contributed by atoms with Crippen LogP contribution in [0.5, 0.6) is 0 Å². The Morgan fingerprint density at radius 3 is 2.82 bits per heavy atom. The molecule has 0 aromatic carbocycles. The molecular weight excluding hydrogens is 140 g/mol. The first-order chi connectivity index (χ1) is 5.16. The van der Waals surface area contributed by atoms with E-state index < -0.39 is 6.10 Å². The minimum Gasteiger partial charge on any atom is -0.376 e. The van der Waals surface area contributed by atoms with Gasteiger partial charge in [-0.25, -0.2) is 0 Å². The third-order valence-electron chi connectivity index (χ3n) is 1.73. The number of aliphatic hydroxyl groups is 1. The van der Waals surface area contributed by atoms with Crippen molar-refractivity contribution in [1.82, 2.24) is 9.78 Å². The smallest absolute Gasteiger partial charge is 0.143 e. The normalized spacial score (nSPS) is 12.5. The molecular formula is C8H10N2O. The fourth-order valence-electron chi connectivity index (χ4n) is 0.874. The molecule has 11 heavy (non-hydrogen) atoms. The van der Waals surface area contributed by atoms with Crippen LogP contribution in [-0.4, -0.2) is 14.9 Å². The van der Waals surface area contributed by atoms with Crippen molar-refractivity contribution >= 4 is 0 Å². The second-order valence-corrected chi connectivity index (χ2v) is 2.38. The van der Waals surface area contributed by atoms with Crippen LogP contribution in [0.4, 0.5) is 0 Å². The predicted molar refractivity (Wildman–Crippen MR) is 41.7 cm³/mol. The van der Waals surface area contributed by atoms with Gasteiger partial charge in [0.1, 0.15) is 6.10 Å². The Morgan fingerprint density at radius 2 is 2.45 bits per heavy atom. The number of terminal acetylenes is 1. The zero-order chi connectivity index (χ0) is 8.43. The molecule has 1 aromatic rings. The molecule has 1 atom stereocenters. The SMILES string of the molecule is C#CC(O)c1cnn(C)c1C. The Hall–Kier alpha value is -1.27. The largest absolute Gasteiger partial charge is 0.376 e. The van der Waals surface area contributed by atoms with Gasteiger partial charge >= 0.3 is 0 Å². The number of aromatic nitrogens is 2. The van der Waals surface area contributed by atoms with Gasteiger partial charge in [-0.15, -0.1) is 6.42 Å². The maximum atomic E-state index is 9.23. The molecule has 0 radical (unpaired) electrons. The summed E-state index contributed by atoms with van der Waals surface area (Å²) in [6.07, 6.45) is 5.80. The predicted octanol–water partition coefficient (Wildman–Crippen LogP) is 0.395. The summed E-state index contributed by atoms with van der Waals surface area (Å²) >= 11 is 0. The van der Waals surface area contributed by atoms with Crippen molar-refractivity contribution in [2.45, 2.75) is 13.0 Å². The Bertz CT molecular complexity index is 296. The number of nitrogens with zero attached hydrogens (tertiary/aromatic N) is 2. The quantitative estimate of drug-likeness (QED) is 0.588. The molecule has 0 amide bonds. The molecule has 0 spiro atoms. The lowest BCUT2D eigenvalue weighted by atomic mass is 10.1. The summed E-state index contributed by atoms with van der Waals surface area (Å²) < 4.78 is 1.68. The van der Waals surface area contributed by atoms with E-state index in [1.165, 1.54) is 0 Å². The molecule has 0 saturated heterocycles. The molecule has 0 aliphatic rings. The molecule has 1 unspecified atom stereocenters. The number of aryl methyl sites for hydroxylation is 1. The number of rotatable bonds is 1. The van der Waals surface area contributed by atoms with Gasteiger partial charge in [0.05, 0.1) is 6.20 Å². The molecule has 0 fully saturated rings. The summed E-state index contributed by atoms with van der Waals surface area (Å²) in [5, 5.41) is 13.2. The van der Waals surface area contributed by atoms with Crippen molar-refractivity contribution in [2.24, 2.45) is 7.05 Å². The van der Waals surface area contributed by atoms with Crippen molar-refractivity contribution < 1.29 is 5.11 Å². The second-order valence-electron chi connectivity index (χ2n) is 2.38. The Labute approximate surface area is 65.7 Å². The summed E-state index contributed by atoms with van der Waals surface area (Å²) in [6, 6.07) is 0. The molecule has 1 rings (SSSR count). The Morgan fingerprint density at radius 1 is 1.82 bits per heavy atom. The van der Waals surface area contributed by atoms with E-state index in [4.69, 9.17) is 6.42 Å². The maximum Gasteiger partial charge on any atom is 0.143 e. The van der Waals surface area contributed by atoms with Gasteiger partial charge in [0, 0.05) is 18.3 Å². The van der Waals surface area contributed by atoms with E-state index in [1.807, 2.05) is 14.0 Å². The third kappa shape index (κ3) is 1.26. The summed E-state index contributed by atoms with van der Waals surface area (Å²) in [5.41, 5.74) is 1.60. The van der Waals surface area contributed by atoms with E-state index in [2.05, 4.69) is 11.0 Å². The number of hydrogen-bond acceptors (Lipinski definition) is 2. The molecule has 1 aromatic heterocycles. The van der Waals surface area contributed by atoms with Gasteiger partial charge in [-0.3, -0.25) is 4.68 Å². The van der Waals surface area contributed by atoms with Crippen LogP contribution in [0.2, 0.25) is 0 Å². The zero-order valence-corrected chi connectivity index (χ0v) is 6.57. The molecule has 0 aliphatic carbocycles. The van der Waals surface area contributed by atoms with Gasteiger partial charge < -0.3 is 5.11 Å².